The Labute approximate surface area is 162 Å². The number of thioether (sulfide) groups is 1. The number of anilines is 1. The van der Waals surface area contributed by atoms with Gasteiger partial charge in [-0.2, -0.15) is 0 Å². The van der Waals surface area contributed by atoms with Gasteiger partial charge in [-0.25, -0.2) is 4.39 Å². The highest BCUT2D eigenvalue weighted by molar-refractivity contribution is 8.00. The van der Waals surface area contributed by atoms with Crippen LogP contribution in [-0.4, -0.2) is 73.5 Å². The molecule has 0 spiro atoms. The number of hydrogen-bond donors (Lipinski definition) is 2. The average molecular weight is 398 g/mol. The number of quaternary nitrogens is 1. The molecule has 1 fully saturated rings. The maximum absolute atomic E-state index is 12.9. The van der Waals surface area contributed by atoms with Gasteiger partial charge in [-0.05, 0) is 31.2 Å². The molecule has 2 N–H and O–H groups in total. The van der Waals surface area contributed by atoms with E-state index in [1.807, 2.05) is 0 Å². The number of esters is 1. The van der Waals surface area contributed by atoms with Crippen molar-refractivity contribution >= 4 is 35.2 Å². The molecule has 0 aliphatic carbocycles. The molecule has 7 nitrogen and oxygen atoms in total. The SMILES string of the molecule is CCOC(=O)CSCC(=O)N1CC[NH+](CC(=O)Nc2ccc(F)cc2)CC1. The van der Waals surface area contributed by atoms with Crippen LogP contribution in [0.5, 0.6) is 0 Å². The lowest BCUT2D eigenvalue weighted by Crippen LogP contribution is -3.15. The van der Waals surface area contributed by atoms with Crippen molar-refractivity contribution in [2.75, 3.05) is 56.2 Å². The van der Waals surface area contributed by atoms with Gasteiger partial charge in [0.2, 0.25) is 5.91 Å². The number of carbonyl (C=O) groups is 3. The number of ether oxygens (including phenoxy) is 1. The summed E-state index contributed by atoms with van der Waals surface area (Å²) in [5.74, 6) is -0.370. The molecule has 148 valence electrons. The fourth-order valence-corrected chi connectivity index (χ4v) is 3.44. The Bertz CT molecular complexity index is 649. The number of nitrogens with zero attached hydrogens (tertiary/aromatic N) is 1. The van der Waals surface area contributed by atoms with Crippen LogP contribution in [0.3, 0.4) is 0 Å². The minimum Gasteiger partial charge on any atom is -0.465 e. The third-order valence-corrected chi connectivity index (χ3v) is 5.00. The first-order valence-electron chi connectivity index (χ1n) is 8.88. The van der Waals surface area contributed by atoms with Crippen molar-refractivity contribution in [2.24, 2.45) is 0 Å². The molecule has 0 bridgehead atoms. The number of nitrogens with one attached hydrogen (secondary N) is 2. The van der Waals surface area contributed by atoms with Crippen molar-refractivity contribution in [3.05, 3.63) is 30.1 Å². The van der Waals surface area contributed by atoms with E-state index >= 15 is 0 Å². The molecule has 1 aromatic carbocycles. The summed E-state index contributed by atoms with van der Waals surface area (Å²) in [5.41, 5.74) is 0.563. The van der Waals surface area contributed by atoms with E-state index < -0.39 is 0 Å². The fraction of sp³-hybridized carbons (Fsp3) is 0.500. The van der Waals surface area contributed by atoms with Crippen LogP contribution in [0.15, 0.2) is 24.3 Å². The van der Waals surface area contributed by atoms with Gasteiger partial charge in [0.15, 0.2) is 6.54 Å². The Morgan fingerprint density at radius 2 is 1.85 bits per heavy atom. The highest BCUT2D eigenvalue weighted by Crippen LogP contribution is 2.07. The second-order valence-corrected chi connectivity index (χ2v) is 7.15. The van der Waals surface area contributed by atoms with Gasteiger partial charge in [0.25, 0.3) is 5.91 Å². The monoisotopic (exact) mass is 398 g/mol. The first-order chi connectivity index (χ1) is 13.0. The second kappa shape index (κ2) is 10.9. The molecule has 0 saturated carbocycles. The summed E-state index contributed by atoms with van der Waals surface area (Å²) in [7, 11) is 0. The van der Waals surface area contributed by atoms with Crippen LogP contribution in [0.1, 0.15) is 6.92 Å². The zero-order valence-corrected chi connectivity index (χ0v) is 16.1. The Morgan fingerprint density at radius 3 is 2.48 bits per heavy atom. The minimum absolute atomic E-state index is 0.000822. The Kier molecular flexibility index (Phi) is 8.53. The molecular formula is C18H25FN3O4S+. The number of carbonyl (C=O) groups excluding carboxylic acids is 3. The number of benzene rings is 1. The van der Waals surface area contributed by atoms with Gasteiger partial charge in [0, 0.05) is 5.69 Å². The summed E-state index contributed by atoms with van der Waals surface area (Å²) < 4.78 is 17.7. The van der Waals surface area contributed by atoms with Gasteiger partial charge in [-0.1, -0.05) is 0 Å². The van der Waals surface area contributed by atoms with Crippen LogP contribution in [0.25, 0.3) is 0 Å². The molecule has 1 aromatic rings. The number of rotatable bonds is 8. The van der Waals surface area contributed by atoms with Crippen LogP contribution >= 0.6 is 11.8 Å². The van der Waals surface area contributed by atoms with E-state index in [0.29, 0.717) is 45.0 Å². The van der Waals surface area contributed by atoms with Crippen LogP contribution in [0.2, 0.25) is 0 Å². The third kappa shape index (κ3) is 7.56. The lowest BCUT2D eigenvalue weighted by Gasteiger charge is -2.31. The van der Waals surface area contributed by atoms with Crippen LogP contribution in [0.4, 0.5) is 10.1 Å². The Hall–Kier alpha value is -2.13. The van der Waals surface area contributed by atoms with E-state index in [9.17, 15) is 18.8 Å². The van der Waals surface area contributed by atoms with E-state index in [-0.39, 0.29) is 35.1 Å². The molecule has 0 aromatic heterocycles. The predicted octanol–water partition coefficient (Wildman–Crippen LogP) is -0.212. The zero-order chi connectivity index (χ0) is 19.6. The molecule has 1 aliphatic rings. The first-order valence-corrected chi connectivity index (χ1v) is 10.0. The average Bonchev–Trinajstić information content (AvgIpc) is 2.64. The van der Waals surface area contributed by atoms with Crippen molar-refractivity contribution in [1.82, 2.24) is 4.90 Å². The standard InChI is InChI=1S/C18H24FN3O4S/c1-2-26-18(25)13-27-12-17(24)22-9-7-21(8-10-22)11-16(23)20-15-5-3-14(19)4-6-15/h3-6H,2,7-13H2,1H3,(H,20,23)/p+1. The van der Waals surface area contributed by atoms with Gasteiger partial charge in [-0.15, -0.1) is 11.8 Å². The molecule has 1 saturated heterocycles. The van der Waals surface area contributed by atoms with Crippen molar-refractivity contribution in [3.63, 3.8) is 0 Å². The summed E-state index contributed by atoms with van der Waals surface area (Å²) in [6.45, 7) is 4.92. The van der Waals surface area contributed by atoms with E-state index in [1.165, 1.54) is 36.0 Å². The molecule has 27 heavy (non-hydrogen) atoms. The quantitative estimate of drug-likeness (QED) is 0.593. The lowest BCUT2D eigenvalue weighted by molar-refractivity contribution is -0.895. The number of halogens is 1. The smallest absolute Gasteiger partial charge is 0.315 e. The van der Waals surface area contributed by atoms with E-state index in [1.54, 1.807) is 11.8 Å². The molecular weight excluding hydrogens is 373 g/mol. The van der Waals surface area contributed by atoms with E-state index in [4.69, 9.17) is 4.74 Å². The molecule has 2 amide bonds. The molecule has 0 atom stereocenters. The van der Waals surface area contributed by atoms with Gasteiger partial charge < -0.3 is 19.9 Å². The Morgan fingerprint density at radius 1 is 1.19 bits per heavy atom. The molecule has 1 aliphatic heterocycles. The second-order valence-electron chi connectivity index (χ2n) is 6.16. The topological polar surface area (TPSA) is 80.2 Å². The summed E-state index contributed by atoms with van der Waals surface area (Å²) in [5, 5.41) is 2.75. The van der Waals surface area contributed by atoms with Crippen molar-refractivity contribution in [1.29, 1.82) is 0 Å². The van der Waals surface area contributed by atoms with Crippen molar-refractivity contribution in [3.8, 4) is 0 Å². The highest BCUT2D eigenvalue weighted by atomic mass is 32.2. The number of hydrogen-bond acceptors (Lipinski definition) is 5. The molecule has 0 radical (unpaired) electrons. The van der Waals surface area contributed by atoms with Gasteiger partial charge in [-0.3, -0.25) is 14.4 Å². The summed E-state index contributed by atoms with van der Waals surface area (Å²) in [4.78, 5) is 38.4. The summed E-state index contributed by atoms with van der Waals surface area (Å²) >= 11 is 1.25. The van der Waals surface area contributed by atoms with Crippen molar-refractivity contribution < 1.29 is 28.4 Å². The zero-order valence-electron chi connectivity index (χ0n) is 15.3. The maximum Gasteiger partial charge on any atom is 0.315 e. The normalized spacial score (nSPS) is 14.7. The number of amides is 2. The third-order valence-electron chi connectivity index (χ3n) is 4.11. The predicted molar refractivity (Wildman–Crippen MR) is 101 cm³/mol. The van der Waals surface area contributed by atoms with Gasteiger partial charge in [0.05, 0.1) is 44.3 Å². The first kappa shape index (κ1) is 21.2. The largest absolute Gasteiger partial charge is 0.465 e. The molecule has 2 rings (SSSR count). The molecule has 1 heterocycles. The van der Waals surface area contributed by atoms with E-state index in [2.05, 4.69) is 5.32 Å². The summed E-state index contributed by atoms with van der Waals surface area (Å²) in [6, 6.07) is 5.64. The highest BCUT2D eigenvalue weighted by Gasteiger charge is 2.25. The van der Waals surface area contributed by atoms with Gasteiger partial charge in [0.1, 0.15) is 5.82 Å². The fourth-order valence-electron chi connectivity index (χ4n) is 2.73. The maximum atomic E-state index is 12.9. The summed E-state index contributed by atoms with van der Waals surface area (Å²) in [6.07, 6.45) is 0. The number of piperazine rings is 1. The van der Waals surface area contributed by atoms with Crippen molar-refractivity contribution in [2.45, 2.75) is 6.92 Å². The lowest BCUT2D eigenvalue weighted by atomic mass is 10.3. The molecule has 9 heteroatoms. The van der Waals surface area contributed by atoms with E-state index in [0.717, 1.165) is 4.90 Å². The molecule has 0 unspecified atom stereocenters. The van der Waals surface area contributed by atoms with Crippen LogP contribution in [-0.2, 0) is 19.1 Å². The Balaban J connectivity index is 1.65. The van der Waals surface area contributed by atoms with Gasteiger partial charge >= 0.3 is 5.97 Å². The van der Waals surface area contributed by atoms with Crippen LogP contribution in [0, 0.1) is 5.82 Å². The minimum atomic E-state index is -0.347. The van der Waals surface area contributed by atoms with Crippen LogP contribution < -0.4 is 10.2 Å².